The van der Waals surface area contributed by atoms with Crippen LogP contribution in [0.1, 0.15) is 0 Å². The van der Waals surface area contributed by atoms with Crippen LogP contribution in [0.4, 0.5) is 5.82 Å². The van der Waals surface area contributed by atoms with Crippen LogP contribution in [0.5, 0.6) is 5.75 Å². The SMILES string of the molecule is O=C(COc1ccc(Cl)cc1)Nc1nccnc1Cl. The molecular weight excluding hydrogens is 289 g/mol. The minimum absolute atomic E-state index is 0.127. The lowest BCUT2D eigenvalue weighted by molar-refractivity contribution is -0.118. The van der Waals surface area contributed by atoms with Gasteiger partial charge in [-0.2, -0.15) is 0 Å². The fourth-order valence-corrected chi connectivity index (χ4v) is 1.53. The number of anilines is 1. The van der Waals surface area contributed by atoms with Crippen LogP contribution < -0.4 is 10.1 Å². The molecule has 0 spiro atoms. The fraction of sp³-hybridized carbons (Fsp3) is 0.0833. The van der Waals surface area contributed by atoms with E-state index >= 15 is 0 Å². The van der Waals surface area contributed by atoms with Gasteiger partial charge in [0.1, 0.15) is 5.75 Å². The van der Waals surface area contributed by atoms with Gasteiger partial charge in [-0.3, -0.25) is 4.79 Å². The smallest absolute Gasteiger partial charge is 0.263 e. The van der Waals surface area contributed by atoms with Crippen LogP contribution in [-0.2, 0) is 4.79 Å². The van der Waals surface area contributed by atoms with Crippen molar-refractivity contribution in [1.82, 2.24) is 9.97 Å². The van der Waals surface area contributed by atoms with Gasteiger partial charge in [0.05, 0.1) is 0 Å². The third kappa shape index (κ3) is 4.08. The molecule has 0 fully saturated rings. The van der Waals surface area contributed by atoms with Crippen molar-refractivity contribution in [1.29, 1.82) is 0 Å². The maximum absolute atomic E-state index is 11.6. The van der Waals surface area contributed by atoms with Crippen molar-refractivity contribution in [3.63, 3.8) is 0 Å². The summed E-state index contributed by atoms with van der Waals surface area (Å²) in [6.45, 7) is -0.158. The van der Waals surface area contributed by atoms with E-state index in [0.29, 0.717) is 10.8 Å². The number of carbonyl (C=O) groups is 1. The number of hydrogen-bond acceptors (Lipinski definition) is 4. The Labute approximate surface area is 119 Å². The summed E-state index contributed by atoms with van der Waals surface area (Å²) in [5.74, 6) is 0.371. The molecule has 0 aliphatic carbocycles. The average molecular weight is 298 g/mol. The van der Waals surface area contributed by atoms with E-state index in [1.54, 1.807) is 24.3 Å². The standard InChI is InChI=1S/C12H9Cl2N3O2/c13-8-1-3-9(4-2-8)19-7-10(18)17-12-11(14)15-5-6-16-12/h1-6H,7H2,(H,16,17,18). The van der Waals surface area contributed by atoms with E-state index in [0.717, 1.165) is 0 Å². The van der Waals surface area contributed by atoms with Gasteiger partial charge in [0.2, 0.25) is 0 Å². The van der Waals surface area contributed by atoms with Gasteiger partial charge in [-0.15, -0.1) is 0 Å². The van der Waals surface area contributed by atoms with Crippen LogP contribution in [0.2, 0.25) is 10.2 Å². The van der Waals surface area contributed by atoms with Gasteiger partial charge in [-0.25, -0.2) is 9.97 Å². The molecule has 19 heavy (non-hydrogen) atoms. The zero-order valence-electron chi connectivity index (χ0n) is 9.64. The van der Waals surface area contributed by atoms with E-state index in [9.17, 15) is 4.79 Å². The van der Waals surface area contributed by atoms with Gasteiger partial charge in [-0.05, 0) is 24.3 Å². The summed E-state index contributed by atoms with van der Waals surface area (Å²) in [6.07, 6.45) is 2.86. The summed E-state index contributed by atoms with van der Waals surface area (Å²) in [7, 11) is 0. The van der Waals surface area contributed by atoms with Gasteiger partial charge in [0.25, 0.3) is 5.91 Å². The van der Waals surface area contributed by atoms with Gasteiger partial charge >= 0.3 is 0 Å². The zero-order chi connectivity index (χ0) is 13.7. The van der Waals surface area contributed by atoms with E-state index in [2.05, 4.69) is 15.3 Å². The van der Waals surface area contributed by atoms with Crippen LogP contribution in [0.25, 0.3) is 0 Å². The lowest BCUT2D eigenvalue weighted by Gasteiger charge is -2.07. The summed E-state index contributed by atoms with van der Waals surface area (Å²) < 4.78 is 5.27. The van der Waals surface area contributed by atoms with E-state index in [4.69, 9.17) is 27.9 Å². The quantitative estimate of drug-likeness (QED) is 0.942. The van der Waals surface area contributed by atoms with Crippen molar-refractivity contribution >= 4 is 34.9 Å². The van der Waals surface area contributed by atoms with Crippen molar-refractivity contribution in [3.8, 4) is 5.75 Å². The molecule has 98 valence electrons. The van der Waals surface area contributed by atoms with E-state index in [1.807, 2.05) is 0 Å². The van der Waals surface area contributed by atoms with E-state index < -0.39 is 0 Å². The molecule has 0 aliphatic rings. The molecule has 0 unspecified atom stereocenters. The Balaban J connectivity index is 1.88. The first-order chi connectivity index (χ1) is 9.15. The maximum Gasteiger partial charge on any atom is 0.263 e. The molecule has 0 saturated heterocycles. The number of benzene rings is 1. The first-order valence-electron chi connectivity index (χ1n) is 5.30. The Morgan fingerprint density at radius 2 is 1.84 bits per heavy atom. The highest BCUT2D eigenvalue weighted by atomic mass is 35.5. The Kier molecular flexibility index (Phi) is 4.54. The van der Waals surface area contributed by atoms with Crippen molar-refractivity contribution in [2.45, 2.75) is 0 Å². The molecular formula is C12H9Cl2N3O2. The fourth-order valence-electron chi connectivity index (χ4n) is 1.25. The topological polar surface area (TPSA) is 64.1 Å². The van der Waals surface area contributed by atoms with Crippen molar-refractivity contribution in [2.75, 3.05) is 11.9 Å². The van der Waals surface area contributed by atoms with Crippen LogP contribution in [0.15, 0.2) is 36.7 Å². The summed E-state index contributed by atoms with van der Waals surface area (Å²) in [5, 5.41) is 3.22. The minimum Gasteiger partial charge on any atom is -0.484 e. The van der Waals surface area contributed by atoms with E-state index in [1.165, 1.54) is 12.4 Å². The number of nitrogens with zero attached hydrogens (tertiary/aromatic N) is 2. The number of aromatic nitrogens is 2. The Bertz CT molecular complexity index is 575. The molecule has 0 radical (unpaired) electrons. The summed E-state index contributed by atoms with van der Waals surface area (Å²) in [5.41, 5.74) is 0. The second-order valence-corrected chi connectivity index (χ2v) is 4.28. The van der Waals surface area contributed by atoms with Gasteiger partial charge in [-0.1, -0.05) is 23.2 Å². The Morgan fingerprint density at radius 1 is 1.16 bits per heavy atom. The van der Waals surface area contributed by atoms with Crippen molar-refractivity contribution in [2.24, 2.45) is 0 Å². The summed E-state index contributed by atoms with van der Waals surface area (Å²) in [4.78, 5) is 19.3. The molecule has 1 N–H and O–H groups in total. The molecule has 1 amide bonds. The van der Waals surface area contributed by atoms with Crippen LogP contribution in [-0.4, -0.2) is 22.5 Å². The molecule has 1 aromatic heterocycles. The number of carbonyl (C=O) groups excluding carboxylic acids is 1. The third-order valence-electron chi connectivity index (χ3n) is 2.09. The molecule has 1 aromatic carbocycles. The lowest BCUT2D eigenvalue weighted by atomic mass is 10.3. The predicted molar refractivity (Wildman–Crippen MR) is 72.6 cm³/mol. The molecule has 0 bridgehead atoms. The molecule has 0 atom stereocenters. The molecule has 0 aliphatic heterocycles. The lowest BCUT2D eigenvalue weighted by Crippen LogP contribution is -2.21. The second-order valence-electron chi connectivity index (χ2n) is 3.49. The van der Waals surface area contributed by atoms with Crippen molar-refractivity contribution < 1.29 is 9.53 Å². The third-order valence-corrected chi connectivity index (χ3v) is 2.62. The maximum atomic E-state index is 11.6. The number of nitrogens with one attached hydrogen (secondary N) is 1. The molecule has 1 heterocycles. The summed E-state index contributed by atoms with van der Waals surface area (Å²) in [6, 6.07) is 6.69. The molecule has 0 saturated carbocycles. The highest BCUT2D eigenvalue weighted by Crippen LogP contribution is 2.16. The van der Waals surface area contributed by atoms with Crippen LogP contribution in [0.3, 0.4) is 0 Å². The van der Waals surface area contributed by atoms with Gasteiger partial charge < -0.3 is 10.1 Å². The zero-order valence-corrected chi connectivity index (χ0v) is 11.1. The second kappa shape index (κ2) is 6.36. The number of hydrogen-bond donors (Lipinski definition) is 1. The van der Waals surface area contributed by atoms with Crippen LogP contribution >= 0.6 is 23.2 Å². The highest BCUT2D eigenvalue weighted by molar-refractivity contribution is 6.32. The molecule has 2 aromatic rings. The Morgan fingerprint density at radius 3 is 2.53 bits per heavy atom. The van der Waals surface area contributed by atoms with Crippen molar-refractivity contribution in [3.05, 3.63) is 46.8 Å². The molecule has 2 rings (SSSR count). The number of halogens is 2. The normalized spacial score (nSPS) is 10.0. The Hall–Kier alpha value is -1.85. The number of amides is 1. The summed E-state index contributed by atoms with van der Waals surface area (Å²) >= 11 is 11.5. The van der Waals surface area contributed by atoms with Gasteiger partial charge in [0, 0.05) is 17.4 Å². The average Bonchev–Trinajstić information content (AvgIpc) is 2.41. The largest absolute Gasteiger partial charge is 0.484 e. The monoisotopic (exact) mass is 297 g/mol. The first kappa shape index (κ1) is 13.6. The molecule has 7 heteroatoms. The minimum atomic E-state index is -0.377. The van der Waals surface area contributed by atoms with Gasteiger partial charge in [0.15, 0.2) is 17.6 Å². The number of rotatable bonds is 4. The first-order valence-corrected chi connectivity index (χ1v) is 6.05. The predicted octanol–water partition coefficient (Wildman–Crippen LogP) is 2.80. The van der Waals surface area contributed by atoms with E-state index in [-0.39, 0.29) is 23.5 Å². The number of ether oxygens (including phenoxy) is 1. The molecule has 5 nitrogen and oxygen atoms in total. The highest BCUT2D eigenvalue weighted by Gasteiger charge is 2.08. The van der Waals surface area contributed by atoms with Crippen LogP contribution in [0, 0.1) is 0 Å².